The molecule has 0 aromatic heterocycles. The van der Waals surface area contributed by atoms with Crippen LogP contribution >= 0.6 is 0 Å². The van der Waals surface area contributed by atoms with Gasteiger partial charge in [-0.3, -0.25) is 0 Å². The van der Waals surface area contributed by atoms with Crippen LogP contribution < -0.4 is 5.32 Å². The fourth-order valence-corrected chi connectivity index (χ4v) is 1.37. The topological polar surface area (TPSA) is 21.3 Å². The maximum Gasteiger partial charge on any atom is 0.0716 e. The van der Waals surface area contributed by atoms with Gasteiger partial charge in [0.1, 0.15) is 0 Å². The molecule has 0 bridgehead atoms. The van der Waals surface area contributed by atoms with Crippen molar-refractivity contribution in [1.82, 2.24) is 5.32 Å². The molecular weight excluding hydrogens is 174 g/mol. The van der Waals surface area contributed by atoms with E-state index >= 15 is 0 Å². The summed E-state index contributed by atoms with van der Waals surface area (Å²) < 4.78 is 5.48. The summed E-state index contributed by atoms with van der Waals surface area (Å²) in [5.74, 6) is 0. The highest BCUT2D eigenvalue weighted by atomic mass is 16.5. The molecule has 0 atom stereocenters. The molecule has 78 valence electrons. The first-order valence-electron chi connectivity index (χ1n) is 5.17. The van der Waals surface area contributed by atoms with Crippen molar-refractivity contribution >= 4 is 0 Å². The predicted molar refractivity (Wildman–Crippen MR) is 59.2 cm³/mol. The Morgan fingerprint density at radius 2 is 2.07 bits per heavy atom. The van der Waals surface area contributed by atoms with Crippen LogP contribution in [0.15, 0.2) is 24.3 Å². The van der Waals surface area contributed by atoms with Gasteiger partial charge >= 0.3 is 0 Å². The lowest BCUT2D eigenvalue weighted by molar-refractivity contribution is 0.121. The van der Waals surface area contributed by atoms with E-state index in [1.807, 2.05) is 7.05 Å². The zero-order valence-corrected chi connectivity index (χ0v) is 9.05. The number of rotatable bonds is 6. The minimum absolute atomic E-state index is 0.728. The second-order valence-corrected chi connectivity index (χ2v) is 3.40. The average Bonchev–Trinajstić information content (AvgIpc) is 2.19. The standard InChI is InChI=1S/C12H19NO/c1-3-7-14-10-12-6-4-5-11(8-12)9-13-2/h4-6,8,13H,3,7,9-10H2,1-2H3. The van der Waals surface area contributed by atoms with Gasteiger partial charge in [0, 0.05) is 13.2 Å². The molecule has 2 nitrogen and oxygen atoms in total. The molecule has 0 spiro atoms. The monoisotopic (exact) mass is 193 g/mol. The summed E-state index contributed by atoms with van der Waals surface area (Å²) in [6.45, 7) is 4.61. The molecule has 0 aliphatic rings. The van der Waals surface area contributed by atoms with Crippen molar-refractivity contribution in [2.24, 2.45) is 0 Å². The highest BCUT2D eigenvalue weighted by Crippen LogP contribution is 2.06. The first-order valence-corrected chi connectivity index (χ1v) is 5.17. The number of nitrogens with one attached hydrogen (secondary N) is 1. The summed E-state index contributed by atoms with van der Waals surface area (Å²) >= 11 is 0. The molecule has 1 aromatic rings. The fraction of sp³-hybridized carbons (Fsp3) is 0.500. The molecule has 0 amide bonds. The number of hydrogen-bond donors (Lipinski definition) is 1. The average molecular weight is 193 g/mol. The molecule has 1 N–H and O–H groups in total. The molecule has 14 heavy (non-hydrogen) atoms. The van der Waals surface area contributed by atoms with Crippen molar-refractivity contribution in [1.29, 1.82) is 0 Å². The van der Waals surface area contributed by atoms with Gasteiger partial charge in [-0.2, -0.15) is 0 Å². The lowest BCUT2D eigenvalue weighted by Gasteiger charge is -2.05. The SMILES string of the molecule is CCCOCc1cccc(CNC)c1. The number of benzene rings is 1. The molecule has 2 heteroatoms. The van der Waals surface area contributed by atoms with E-state index in [1.54, 1.807) is 0 Å². The molecule has 1 aromatic carbocycles. The van der Waals surface area contributed by atoms with E-state index in [0.29, 0.717) is 0 Å². The highest BCUT2D eigenvalue weighted by Gasteiger charge is 1.95. The molecule has 0 aliphatic heterocycles. The molecule has 1 rings (SSSR count). The Bertz CT molecular complexity index is 260. The van der Waals surface area contributed by atoms with Crippen LogP contribution in [0.2, 0.25) is 0 Å². The fourth-order valence-electron chi connectivity index (χ4n) is 1.37. The summed E-state index contributed by atoms with van der Waals surface area (Å²) in [5.41, 5.74) is 2.57. The summed E-state index contributed by atoms with van der Waals surface area (Å²) in [6.07, 6.45) is 1.08. The Morgan fingerprint density at radius 3 is 2.79 bits per heavy atom. The maximum absolute atomic E-state index is 5.48. The van der Waals surface area contributed by atoms with Crippen molar-refractivity contribution in [2.75, 3.05) is 13.7 Å². The van der Waals surface area contributed by atoms with Crippen molar-refractivity contribution in [3.05, 3.63) is 35.4 Å². The van der Waals surface area contributed by atoms with Gasteiger partial charge in [0.25, 0.3) is 0 Å². The Hall–Kier alpha value is -0.860. The molecule has 0 radical (unpaired) electrons. The van der Waals surface area contributed by atoms with Crippen LogP contribution in [0.1, 0.15) is 24.5 Å². The summed E-state index contributed by atoms with van der Waals surface area (Å²) in [6, 6.07) is 8.50. The summed E-state index contributed by atoms with van der Waals surface area (Å²) in [4.78, 5) is 0. The van der Waals surface area contributed by atoms with E-state index in [9.17, 15) is 0 Å². The Labute approximate surface area is 86.3 Å². The Morgan fingerprint density at radius 1 is 1.29 bits per heavy atom. The third-order valence-electron chi connectivity index (χ3n) is 1.99. The van der Waals surface area contributed by atoms with Gasteiger partial charge in [-0.05, 0) is 24.6 Å². The minimum atomic E-state index is 0.728. The van der Waals surface area contributed by atoms with Crippen LogP contribution in [0.3, 0.4) is 0 Å². The van der Waals surface area contributed by atoms with Gasteiger partial charge in [0.15, 0.2) is 0 Å². The van der Waals surface area contributed by atoms with Crippen molar-refractivity contribution < 1.29 is 4.74 Å². The molecule has 0 fully saturated rings. The van der Waals surface area contributed by atoms with Gasteiger partial charge in [-0.1, -0.05) is 31.2 Å². The van der Waals surface area contributed by atoms with Crippen molar-refractivity contribution in [3.8, 4) is 0 Å². The second kappa shape index (κ2) is 6.57. The quantitative estimate of drug-likeness (QED) is 0.700. The van der Waals surface area contributed by atoms with Crippen LogP contribution in [0.4, 0.5) is 0 Å². The summed E-state index contributed by atoms with van der Waals surface area (Å²) in [5, 5.41) is 3.14. The van der Waals surface area contributed by atoms with Crippen LogP contribution in [0, 0.1) is 0 Å². The van der Waals surface area contributed by atoms with Crippen LogP contribution in [-0.2, 0) is 17.9 Å². The third-order valence-corrected chi connectivity index (χ3v) is 1.99. The van der Waals surface area contributed by atoms with Gasteiger partial charge < -0.3 is 10.1 Å². The van der Waals surface area contributed by atoms with E-state index in [1.165, 1.54) is 11.1 Å². The van der Waals surface area contributed by atoms with E-state index in [4.69, 9.17) is 4.74 Å². The molecule has 0 unspecified atom stereocenters. The van der Waals surface area contributed by atoms with Crippen molar-refractivity contribution in [3.63, 3.8) is 0 Å². The highest BCUT2D eigenvalue weighted by molar-refractivity contribution is 5.22. The first kappa shape index (κ1) is 11.2. The molecule has 0 aliphatic carbocycles. The minimum Gasteiger partial charge on any atom is -0.377 e. The van der Waals surface area contributed by atoms with Crippen LogP contribution in [-0.4, -0.2) is 13.7 Å². The van der Waals surface area contributed by atoms with Gasteiger partial charge in [-0.15, -0.1) is 0 Å². The maximum atomic E-state index is 5.48. The lowest BCUT2D eigenvalue weighted by Crippen LogP contribution is -2.05. The van der Waals surface area contributed by atoms with Crippen molar-refractivity contribution in [2.45, 2.75) is 26.5 Å². The van der Waals surface area contributed by atoms with E-state index < -0.39 is 0 Å². The Balaban J connectivity index is 2.46. The van der Waals surface area contributed by atoms with Gasteiger partial charge in [0.2, 0.25) is 0 Å². The zero-order chi connectivity index (χ0) is 10.2. The molecule has 0 saturated carbocycles. The molecule has 0 heterocycles. The first-order chi connectivity index (χ1) is 6.86. The second-order valence-electron chi connectivity index (χ2n) is 3.40. The number of hydrogen-bond acceptors (Lipinski definition) is 2. The lowest BCUT2D eigenvalue weighted by atomic mass is 10.1. The normalized spacial score (nSPS) is 10.4. The van der Waals surface area contributed by atoms with Gasteiger partial charge in [0.05, 0.1) is 6.61 Å². The largest absolute Gasteiger partial charge is 0.377 e. The molecular formula is C12H19NO. The Kier molecular flexibility index (Phi) is 5.27. The van der Waals surface area contributed by atoms with Crippen LogP contribution in [0.5, 0.6) is 0 Å². The van der Waals surface area contributed by atoms with E-state index in [0.717, 1.165) is 26.2 Å². The van der Waals surface area contributed by atoms with Crippen LogP contribution in [0.25, 0.3) is 0 Å². The third kappa shape index (κ3) is 3.90. The summed E-state index contributed by atoms with van der Waals surface area (Å²) in [7, 11) is 1.96. The smallest absolute Gasteiger partial charge is 0.0716 e. The van der Waals surface area contributed by atoms with E-state index in [-0.39, 0.29) is 0 Å². The van der Waals surface area contributed by atoms with Gasteiger partial charge in [-0.25, -0.2) is 0 Å². The predicted octanol–water partition coefficient (Wildman–Crippen LogP) is 2.33. The number of ether oxygens (including phenoxy) is 1. The van der Waals surface area contributed by atoms with E-state index in [2.05, 4.69) is 36.5 Å². The molecule has 0 saturated heterocycles. The zero-order valence-electron chi connectivity index (χ0n) is 9.05.